The Morgan fingerprint density at radius 3 is 2.69 bits per heavy atom. The molecule has 0 aromatic carbocycles. The molecule has 0 saturated carbocycles. The molecule has 7 heteroatoms. The van der Waals surface area contributed by atoms with Gasteiger partial charge in [-0.25, -0.2) is 9.78 Å². The SMILES string of the molecule is CN(CCC(=O)O)Cc1nc(C(=O)O)cs1. The lowest BCUT2D eigenvalue weighted by molar-refractivity contribution is -0.137. The number of aliphatic carboxylic acids is 1. The van der Waals surface area contributed by atoms with Gasteiger partial charge in [-0.1, -0.05) is 0 Å². The van der Waals surface area contributed by atoms with E-state index in [9.17, 15) is 9.59 Å². The van der Waals surface area contributed by atoms with Gasteiger partial charge in [-0.05, 0) is 7.05 Å². The highest BCUT2D eigenvalue weighted by molar-refractivity contribution is 7.09. The summed E-state index contributed by atoms with van der Waals surface area (Å²) in [6.07, 6.45) is 0.0632. The van der Waals surface area contributed by atoms with Crippen molar-refractivity contribution in [1.29, 1.82) is 0 Å². The molecule has 0 bridgehead atoms. The van der Waals surface area contributed by atoms with Gasteiger partial charge in [-0.3, -0.25) is 9.69 Å². The number of rotatable bonds is 6. The molecule has 88 valence electrons. The van der Waals surface area contributed by atoms with Crippen molar-refractivity contribution >= 4 is 23.3 Å². The quantitative estimate of drug-likeness (QED) is 0.767. The molecule has 2 N–H and O–H groups in total. The molecule has 16 heavy (non-hydrogen) atoms. The van der Waals surface area contributed by atoms with Crippen LogP contribution in [-0.4, -0.2) is 45.6 Å². The van der Waals surface area contributed by atoms with Crippen molar-refractivity contribution in [2.24, 2.45) is 0 Å². The van der Waals surface area contributed by atoms with Gasteiger partial charge in [0.25, 0.3) is 0 Å². The van der Waals surface area contributed by atoms with Crippen molar-refractivity contribution in [2.45, 2.75) is 13.0 Å². The lowest BCUT2D eigenvalue weighted by Gasteiger charge is -2.12. The molecule has 0 aliphatic carbocycles. The van der Waals surface area contributed by atoms with Crippen LogP contribution in [0, 0.1) is 0 Å². The molecule has 0 saturated heterocycles. The third-order valence-corrected chi connectivity index (χ3v) is 2.72. The monoisotopic (exact) mass is 244 g/mol. The summed E-state index contributed by atoms with van der Waals surface area (Å²) in [4.78, 5) is 26.6. The lowest BCUT2D eigenvalue weighted by atomic mass is 10.4. The summed E-state index contributed by atoms with van der Waals surface area (Å²) >= 11 is 1.26. The molecule has 0 atom stereocenters. The van der Waals surface area contributed by atoms with Gasteiger partial charge in [0, 0.05) is 11.9 Å². The van der Waals surface area contributed by atoms with Gasteiger partial charge in [-0.2, -0.15) is 0 Å². The smallest absolute Gasteiger partial charge is 0.355 e. The van der Waals surface area contributed by atoms with Gasteiger partial charge in [0.2, 0.25) is 0 Å². The normalized spacial score (nSPS) is 10.6. The van der Waals surface area contributed by atoms with E-state index in [4.69, 9.17) is 10.2 Å². The topological polar surface area (TPSA) is 90.7 Å². The van der Waals surface area contributed by atoms with Gasteiger partial charge in [0.15, 0.2) is 5.69 Å². The van der Waals surface area contributed by atoms with Crippen LogP contribution in [0.5, 0.6) is 0 Å². The van der Waals surface area contributed by atoms with Crippen LogP contribution in [0.1, 0.15) is 21.9 Å². The summed E-state index contributed by atoms with van der Waals surface area (Å²) < 4.78 is 0. The number of carbonyl (C=O) groups is 2. The van der Waals surface area contributed by atoms with E-state index in [2.05, 4.69) is 4.98 Å². The average molecular weight is 244 g/mol. The van der Waals surface area contributed by atoms with Crippen molar-refractivity contribution in [2.75, 3.05) is 13.6 Å². The maximum atomic E-state index is 10.6. The van der Waals surface area contributed by atoms with E-state index in [1.807, 2.05) is 0 Å². The number of hydrogen-bond acceptors (Lipinski definition) is 5. The Morgan fingerprint density at radius 2 is 2.19 bits per heavy atom. The fourth-order valence-corrected chi connectivity index (χ4v) is 1.93. The third kappa shape index (κ3) is 3.95. The number of carboxylic acids is 2. The molecule has 0 radical (unpaired) electrons. The Balaban J connectivity index is 2.46. The Hall–Kier alpha value is -1.47. The summed E-state index contributed by atoms with van der Waals surface area (Å²) in [5.74, 6) is -1.90. The molecule has 1 rings (SSSR count). The number of thiazole rings is 1. The Morgan fingerprint density at radius 1 is 1.50 bits per heavy atom. The molecular weight excluding hydrogens is 232 g/mol. The second-order valence-corrected chi connectivity index (χ2v) is 4.26. The molecule has 0 aliphatic rings. The first-order chi connectivity index (χ1) is 7.49. The molecule has 0 unspecified atom stereocenters. The van der Waals surface area contributed by atoms with E-state index >= 15 is 0 Å². The fraction of sp³-hybridized carbons (Fsp3) is 0.444. The van der Waals surface area contributed by atoms with Crippen LogP contribution in [-0.2, 0) is 11.3 Å². The lowest BCUT2D eigenvalue weighted by Crippen LogP contribution is -2.21. The highest BCUT2D eigenvalue weighted by Crippen LogP contribution is 2.11. The minimum atomic E-state index is -1.05. The molecular formula is C9H12N2O4S. The predicted octanol–water partition coefficient (Wildman–Crippen LogP) is 0.748. The number of aromatic nitrogens is 1. The molecule has 0 aliphatic heterocycles. The second-order valence-electron chi connectivity index (χ2n) is 3.31. The van der Waals surface area contributed by atoms with Crippen LogP contribution < -0.4 is 0 Å². The van der Waals surface area contributed by atoms with Crippen molar-refractivity contribution in [3.63, 3.8) is 0 Å². The maximum Gasteiger partial charge on any atom is 0.355 e. The Kier molecular flexibility index (Phi) is 4.39. The van der Waals surface area contributed by atoms with Crippen LogP contribution in [0.4, 0.5) is 0 Å². The molecule has 1 aromatic heterocycles. The maximum absolute atomic E-state index is 10.6. The molecule has 0 spiro atoms. The first-order valence-electron chi connectivity index (χ1n) is 4.57. The van der Waals surface area contributed by atoms with E-state index in [1.54, 1.807) is 11.9 Å². The summed E-state index contributed by atoms with van der Waals surface area (Å²) in [7, 11) is 1.77. The minimum absolute atomic E-state index is 0.0339. The van der Waals surface area contributed by atoms with E-state index in [0.29, 0.717) is 18.1 Å². The van der Waals surface area contributed by atoms with Crippen LogP contribution >= 0.6 is 11.3 Å². The first kappa shape index (κ1) is 12.6. The summed E-state index contributed by atoms with van der Waals surface area (Å²) in [5.41, 5.74) is 0.0339. The predicted molar refractivity (Wildman–Crippen MR) is 57.7 cm³/mol. The summed E-state index contributed by atoms with van der Waals surface area (Å²) in [5, 5.41) is 19.3. The largest absolute Gasteiger partial charge is 0.481 e. The Bertz CT molecular complexity index is 391. The molecule has 1 aromatic rings. The van der Waals surface area contributed by atoms with Gasteiger partial charge < -0.3 is 10.2 Å². The molecule has 0 amide bonds. The van der Waals surface area contributed by atoms with Gasteiger partial charge >= 0.3 is 11.9 Å². The molecule has 6 nitrogen and oxygen atoms in total. The minimum Gasteiger partial charge on any atom is -0.481 e. The van der Waals surface area contributed by atoms with Crippen molar-refractivity contribution < 1.29 is 19.8 Å². The van der Waals surface area contributed by atoms with Gasteiger partial charge in [0.05, 0.1) is 13.0 Å². The van der Waals surface area contributed by atoms with Crippen molar-refractivity contribution in [3.8, 4) is 0 Å². The summed E-state index contributed by atoms with van der Waals surface area (Å²) in [6.45, 7) is 0.878. The second kappa shape index (κ2) is 5.57. The van der Waals surface area contributed by atoms with E-state index < -0.39 is 11.9 Å². The van der Waals surface area contributed by atoms with Crippen LogP contribution in [0.25, 0.3) is 0 Å². The Labute approximate surface area is 96.2 Å². The van der Waals surface area contributed by atoms with E-state index in [1.165, 1.54) is 16.7 Å². The zero-order valence-electron chi connectivity index (χ0n) is 8.71. The van der Waals surface area contributed by atoms with Crippen LogP contribution in [0.15, 0.2) is 5.38 Å². The van der Waals surface area contributed by atoms with Crippen LogP contribution in [0.3, 0.4) is 0 Å². The third-order valence-electron chi connectivity index (χ3n) is 1.88. The molecule has 1 heterocycles. The highest BCUT2D eigenvalue weighted by atomic mass is 32.1. The van der Waals surface area contributed by atoms with E-state index in [-0.39, 0.29) is 12.1 Å². The van der Waals surface area contributed by atoms with Crippen molar-refractivity contribution in [3.05, 3.63) is 16.1 Å². The van der Waals surface area contributed by atoms with Crippen molar-refractivity contribution in [1.82, 2.24) is 9.88 Å². The van der Waals surface area contributed by atoms with Crippen LogP contribution in [0.2, 0.25) is 0 Å². The zero-order valence-corrected chi connectivity index (χ0v) is 9.53. The van der Waals surface area contributed by atoms with E-state index in [0.717, 1.165) is 0 Å². The highest BCUT2D eigenvalue weighted by Gasteiger charge is 2.10. The number of aromatic carboxylic acids is 1. The van der Waals surface area contributed by atoms with Gasteiger partial charge in [-0.15, -0.1) is 11.3 Å². The molecule has 0 fully saturated rings. The number of carboxylic acid groups (broad SMARTS) is 2. The zero-order chi connectivity index (χ0) is 12.1. The first-order valence-corrected chi connectivity index (χ1v) is 5.45. The fourth-order valence-electron chi connectivity index (χ4n) is 1.08. The number of nitrogens with zero attached hydrogens (tertiary/aromatic N) is 2. The summed E-state index contributed by atoms with van der Waals surface area (Å²) in [6, 6.07) is 0. The average Bonchev–Trinajstić information content (AvgIpc) is 2.63. The standard InChI is InChI=1S/C9H12N2O4S/c1-11(3-2-8(12)13)4-7-10-6(5-16-7)9(14)15/h5H,2-4H2,1H3,(H,12,13)(H,14,15). The van der Waals surface area contributed by atoms with Gasteiger partial charge in [0.1, 0.15) is 5.01 Å². The number of hydrogen-bond donors (Lipinski definition) is 2.